The molecule has 4 amide bonds. The largest absolute Gasteiger partial charge is 0.497 e. The Morgan fingerprint density at radius 1 is 0.897 bits per heavy atom. The van der Waals surface area contributed by atoms with Crippen LogP contribution in [0.3, 0.4) is 0 Å². The summed E-state index contributed by atoms with van der Waals surface area (Å²) in [6, 6.07) is 4.60. The maximum atomic E-state index is 12.5. The second-order valence-electron chi connectivity index (χ2n) is 7.12. The van der Waals surface area contributed by atoms with Gasteiger partial charge in [-0.2, -0.15) is 0 Å². The van der Waals surface area contributed by atoms with Gasteiger partial charge in [-0.15, -0.1) is 0 Å². The number of hydrogen-bond acceptors (Lipinski definition) is 6. The maximum Gasteiger partial charge on any atom is 0.329 e. The van der Waals surface area contributed by atoms with Crippen LogP contribution in [0.1, 0.15) is 45.0 Å². The molecule has 160 valence electrons. The van der Waals surface area contributed by atoms with E-state index in [0.717, 1.165) is 0 Å². The molecule has 0 heterocycles. The van der Waals surface area contributed by atoms with E-state index in [1.165, 1.54) is 14.0 Å². The Balaban J connectivity index is 2.72. The number of amides is 4. The molecule has 2 atom stereocenters. The molecule has 1 rings (SSSR count). The number of benzene rings is 1. The van der Waals surface area contributed by atoms with Crippen LogP contribution in [0.2, 0.25) is 0 Å². The molecule has 1 aromatic carbocycles. The van der Waals surface area contributed by atoms with Gasteiger partial charge in [0.25, 0.3) is 11.8 Å². The molecule has 0 spiro atoms. The molecule has 9 nitrogen and oxygen atoms in total. The van der Waals surface area contributed by atoms with Gasteiger partial charge in [-0.3, -0.25) is 14.9 Å². The molecule has 0 unspecified atom stereocenters. The lowest BCUT2D eigenvalue weighted by Crippen LogP contribution is -2.50. The predicted octanol–water partition coefficient (Wildman–Crippen LogP) is 1.62. The number of urea groups is 1. The number of esters is 1. The van der Waals surface area contributed by atoms with Gasteiger partial charge in [-0.25, -0.2) is 9.59 Å². The second-order valence-corrected chi connectivity index (χ2v) is 7.12. The summed E-state index contributed by atoms with van der Waals surface area (Å²) in [4.78, 5) is 48.5. The molecule has 0 fully saturated rings. The van der Waals surface area contributed by atoms with Crippen LogP contribution >= 0.6 is 0 Å². The minimum atomic E-state index is -1.21. The fourth-order valence-corrected chi connectivity index (χ4v) is 2.28. The normalized spacial score (nSPS) is 12.7. The van der Waals surface area contributed by atoms with E-state index in [1.54, 1.807) is 52.0 Å². The van der Waals surface area contributed by atoms with E-state index < -0.39 is 36.0 Å². The van der Waals surface area contributed by atoms with Crippen LogP contribution in [0.25, 0.3) is 0 Å². The molecule has 0 bridgehead atoms. The highest BCUT2D eigenvalue weighted by Crippen LogP contribution is 2.13. The Morgan fingerprint density at radius 2 is 1.48 bits per heavy atom. The number of hydrogen-bond donors (Lipinski definition) is 3. The summed E-state index contributed by atoms with van der Waals surface area (Å²) in [6.45, 7) is 8.30. The van der Waals surface area contributed by atoms with E-state index >= 15 is 0 Å². The van der Waals surface area contributed by atoms with E-state index in [-0.39, 0.29) is 12.0 Å². The van der Waals surface area contributed by atoms with Gasteiger partial charge in [0.15, 0.2) is 6.10 Å². The average Bonchev–Trinajstić information content (AvgIpc) is 2.64. The van der Waals surface area contributed by atoms with Crippen LogP contribution in [0.15, 0.2) is 24.3 Å². The average molecular weight is 407 g/mol. The van der Waals surface area contributed by atoms with E-state index in [4.69, 9.17) is 9.47 Å². The van der Waals surface area contributed by atoms with E-state index in [1.807, 2.05) is 0 Å². The van der Waals surface area contributed by atoms with Gasteiger partial charge in [-0.1, -0.05) is 13.8 Å². The molecule has 3 N–H and O–H groups in total. The standard InChI is InChI=1S/C20H29N3O6/c1-11(2)16(22-18(25)14-7-9-15(28-6)10-8-14)19(26)29-13(5)17(24)23-20(27)21-12(3)4/h7-13,16H,1-6H3,(H,22,25)(H2,21,23,24,27)/t13-,16+/m1/s1. The third kappa shape index (κ3) is 7.81. The number of carbonyl (C=O) groups is 4. The Labute approximate surface area is 170 Å². The van der Waals surface area contributed by atoms with Crippen molar-refractivity contribution >= 4 is 23.8 Å². The van der Waals surface area contributed by atoms with Gasteiger partial charge in [-0.05, 0) is 51.0 Å². The first-order chi connectivity index (χ1) is 13.5. The molecule has 0 aromatic heterocycles. The zero-order valence-corrected chi connectivity index (χ0v) is 17.6. The fraction of sp³-hybridized carbons (Fsp3) is 0.500. The van der Waals surface area contributed by atoms with Crippen LogP contribution in [0, 0.1) is 5.92 Å². The van der Waals surface area contributed by atoms with Crippen LogP contribution in [-0.2, 0) is 14.3 Å². The minimum Gasteiger partial charge on any atom is -0.497 e. The van der Waals surface area contributed by atoms with Crippen molar-refractivity contribution in [3.8, 4) is 5.75 Å². The quantitative estimate of drug-likeness (QED) is 0.563. The number of methoxy groups -OCH3 is 1. The van der Waals surface area contributed by atoms with Crippen LogP contribution in [0.5, 0.6) is 5.75 Å². The van der Waals surface area contributed by atoms with E-state index in [9.17, 15) is 19.2 Å². The Bertz CT molecular complexity index is 730. The summed E-state index contributed by atoms with van der Waals surface area (Å²) in [6.07, 6.45) is -1.21. The van der Waals surface area contributed by atoms with Gasteiger partial charge in [0.1, 0.15) is 11.8 Å². The maximum absolute atomic E-state index is 12.5. The lowest BCUT2D eigenvalue weighted by atomic mass is 10.0. The third-order valence-electron chi connectivity index (χ3n) is 3.88. The zero-order chi connectivity index (χ0) is 22.1. The van der Waals surface area contributed by atoms with Crippen molar-refractivity contribution in [3.05, 3.63) is 29.8 Å². The summed E-state index contributed by atoms with van der Waals surface area (Å²) in [5, 5.41) is 7.21. The van der Waals surface area contributed by atoms with Crippen molar-refractivity contribution in [1.29, 1.82) is 0 Å². The van der Waals surface area contributed by atoms with Crippen molar-refractivity contribution in [2.75, 3.05) is 7.11 Å². The lowest BCUT2D eigenvalue weighted by molar-refractivity contribution is -0.157. The molecular formula is C20H29N3O6. The van der Waals surface area contributed by atoms with Crippen molar-refractivity contribution in [3.63, 3.8) is 0 Å². The minimum absolute atomic E-state index is 0.154. The van der Waals surface area contributed by atoms with Crippen molar-refractivity contribution in [2.24, 2.45) is 5.92 Å². The first-order valence-corrected chi connectivity index (χ1v) is 9.31. The lowest BCUT2D eigenvalue weighted by Gasteiger charge is -2.23. The second kappa shape index (κ2) is 11.0. The van der Waals surface area contributed by atoms with Gasteiger partial charge >= 0.3 is 12.0 Å². The molecule has 0 saturated carbocycles. The predicted molar refractivity (Wildman–Crippen MR) is 106 cm³/mol. The summed E-state index contributed by atoms with van der Waals surface area (Å²) < 4.78 is 10.2. The van der Waals surface area contributed by atoms with Gasteiger partial charge in [0.05, 0.1) is 7.11 Å². The summed E-state index contributed by atoms with van der Waals surface area (Å²) in [7, 11) is 1.52. The monoisotopic (exact) mass is 407 g/mol. The Morgan fingerprint density at radius 3 is 1.97 bits per heavy atom. The van der Waals surface area contributed by atoms with Crippen molar-refractivity contribution in [1.82, 2.24) is 16.0 Å². The summed E-state index contributed by atoms with van der Waals surface area (Å²) >= 11 is 0. The van der Waals surface area contributed by atoms with Crippen LogP contribution in [0.4, 0.5) is 4.79 Å². The number of imide groups is 1. The molecule has 0 saturated heterocycles. The molecule has 29 heavy (non-hydrogen) atoms. The molecule has 1 aromatic rings. The number of rotatable bonds is 8. The van der Waals surface area contributed by atoms with Crippen LogP contribution < -0.4 is 20.7 Å². The summed E-state index contributed by atoms with van der Waals surface area (Å²) in [5.74, 6) is -1.68. The Kier molecular flexibility index (Phi) is 9.11. The molecule has 0 radical (unpaired) electrons. The van der Waals surface area contributed by atoms with E-state index in [0.29, 0.717) is 11.3 Å². The highest BCUT2D eigenvalue weighted by molar-refractivity contribution is 5.99. The highest BCUT2D eigenvalue weighted by Gasteiger charge is 2.29. The van der Waals surface area contributed by atoms with Crippen molar-refractivity contribution < 1.29 is 28.7 Å². The van der Waals surface area contributed by atoms with E-state index in [2.05, 4.69) is 16.0 Å². The van der Waals surface area contributed by atoms with Crippen LogP contribution in [-0.4, -0.2) is 49.1 Å². The van der Waals surface area contributed by atoms with Crippen molar-refractivity contribution in [2.45, 2.75) is 52.8 Å². The highest BCUT2D eigenvalue weighted by atomic mass is 16.5. The van der Waals surface area contributed by atoms with Gasteiger partial charge in [0, 0.05) is 11.6 Å². The smallest absolute Gasteiger partial charge is 0.329 e. The van der Waals surface area contributed by atoms with Gasteiger partial charge in [0.2, 0.25) is 0 Å². The van der Waals surface area contributed by atoms with Gasteiger partial charge < -0.3 is 20.1 Å². The molecule has 0 aliphatic carbocycles. The first kappa shape index (κ1) is 23.9. The zero-order valence-electron chi connectivity index (χ0n) is 17.6. The molecule has 0 aliphatic heterocycles. The number of nitrogens with one attached hydrogen (secondary N) is 3. The third-order valence-corrected chi connectivity index (χ3v) is 3.88. The first-order valence-electron chi connectivity index (χ1n) is 9.31. The molecular weight excluding hydrogens is 378 g/mol. The topological polar surface area (TPSA) is 123 Å². The Hall–Kier alpha value is -3.10. The molecule has 9 heteroatoms. The fourth-order valence-electron chi connectivity index (χ4n) is 2.28. The SMILES string of the molecule is COc1ccc(C(=O)N[C@H](C(=O)O[C@H](C)C(=O)NC(=O)NC(C)C)C(C)C)cc1. The summed E-state index contributed by atoms with van der Waals surface area (Å²) in [5.41, 5.74) is 0.348. The number of ether oxygens (including phenoxy) is 2. The molecule has 0 aliphatic rings. The number of carbonyl (C=O) groups excluding carboxylic acids is 4.